The van der Waals surface area contributed by atoms with E-state index in [0.29, 0.717) is 22.3 Å². The molecule has 1 saturated heterocycles. The highest BCUT2D eigenvalue weighted by atomic mass is 35.5. The molecule has 4 nitrogen and oxygen atoms in total. The Kier molecular flexibility index (Phi) is 4.64. The zero-order valence-electron chi connectivity index (χ0n) is 11.4. The molecule has 5 heteroatoms. The van der Waals surface area contributed by atoms with Crippen molar-refractivity contribution in [3.63, 3.8) is 0 Å². The molecule has 0 aliphatic carbocycles. The van der Waals surface area contributed by atoms with E-state index in [-0.39, 0.29) is 5.91 Å². The van der Waals surface area contributed by atoms with Crippen molar-refractivity contribution in [1.29, 1.82) is 0 Å². The summed E-state index contributed by atoms with van der Waals surface area (Å²) in [6, 6.07) is 1.70. The zero-order valence-corrected chi connectivity index (χ0v) is 12.2. The summed E-state index contributed by atoms with van der Waals surface area (Å²) < 4.78 is 0. The Labute approximate surface area is 119 Å². The molecule has 1 aromatic heterocycles. The third-order valence-electron chi connectivity index (χ3n) is 3.58. The van der Waals surface area contributed by atoms with Gasteiger partial charge in [-0.05, 0) is 25.3 Å². The first kappa shape index (κ1) is 14.1. The van der Waals surface area contributed by atoms with Crippen LogP contribution in [-0.2, 0) is 0 Å². The molecule has 1 fully saturated rings. The lowest BCUT2D eigenvalue weighted by molar-refractivity contribution is 0.0786. The predicted octanol–water partition coefficient (Wildman–Crippen LogP) is 3.04. The van der Waals surface area contributed by atoms with Crippen LogP contribution in [0.5, 0.6) is 0 Å². The van der Waals surface area contributed by atoms with Crippen molar-refractivity contribution in [2.24, 2.45) is 5.92 Å². The molecule has 1 unspecified atom stereocenters. The number of rotatable bonds is 4. The van der Waals surface area contributed by atoms with Crippen LogP contribution in [0.15, 0.2) is 12.3 Å². The number of nitrogens with one attached hydrogen (secondary N) is 1. The third kappa shape index (κ3) is 3.18. The summed E-state index contributed by atoms with van der Waals surface area (Å²) in [5.74, 6) is 1.30. The average Bonchev–Trinajstić information content (AvgIpc) is 2.89. The van der Waals surface area contributed by atoms with E-state index in [2.05, 4.69) is 17.2 Å². The van der Waals surface area contributed by atoms with Gasteiger partial charge in [0.05, 0.1) is 10.6 Å². The van der Waals surface area contributed by atoms with Crippen molar-refractivity contribution in [1.82, 2.24) is 9.88 Å². The molecule has 2 rings (SSSR count). The number of hydrogen-bond acceptors (Lipinski definition) is 3. The lowest BCUT2D eigenvalue weighted by Crippen LogP contribution is -2.28. The van der Waals surface area contributed by atoms with E-state index in [1.165, 1.54) is 0 Å². The SMILES string of the molecule is CCNc1ncc(C(=O)N2CCC(CC)C2)cc1Cl. The highest BCUT2D eigenvalue weighted by Gasteiger charge is 2.26. The number of anilines is 1. The first-order valence-corrected chi connectivity index (χ1v) is 7.22. The number of aromatic nitrogens is 1. The molecule has 0 bridgehead atoms. The van der Waals surface area contributed by atoms with Crippen LogP contribution >= 0.6 is 11.6 Å². The minimum atomic E-state index is 0.0356. The van der Waals surface area contributed by atoms with Crippen LogP contribution in [0.4, 0.5) is 5.82 Å². The van der Waals surface area contributed by atoms with Crippen molar-refractivity contribution in [2.45, 2.75) is 26.7 Å². The maximum atomic E-state index is 12.3. The molecule has 0 spiro atoms. The number of pyridine rings is 1. The summed E-state index contributed by atoms with van der Waals surface area (Å²) in [7, 11) is 0. The molecule has 1 amide bonds. The number of amides is 1. The fourth-order valence-corrected chi connectivity index (χ4v) is 2.62. The number of halogens is 1. The topological polar surface area (TPSA) is 45.2 Å². The van der Waals surface area contributed by atoms with Crippen LogP contribution in [0, 0.1) is 5.92 Å². The lowest BCUT2D eigenvalue weighted by atomic mass is 10.1. The van der Waals surface area contributed by atoms with Gasteiger partial charge in [-0.3, -0.25) is 4.79 Å². The number of carbonyl (C=O) groups is 1. The molecule has 2 heterocycles. The molecule has 1 aromatic rings. The number of carbonyl (C=O) groups excluding carboxylic acids is 1. The van der Waals surface area contributed by atoms with E-state index in [0.717, 1.165) is 32.5 Å². The van der Waals surface area contributed by atoms with E-state index in [1.54, 1.807) is 12.3 Å². The van der Waals surface area contributed by atoms with Gasteiger partial charge in [-0.1, -0.05) is 24.9 Å². The van der Waals surface area contributed by atoms with E-state index < -0.39 is 0 Å². The molecule has 1 atom stereocenters. The van der Waals surface area contributed by atoms with Gasteiger partial charge in [-0.15, -0.1) is 0 Å². The summed E-state index contributed by atoms with van der Waals surface area (Å²) in [5.41, 5.74) is 0.573. The summed E-state index contributed by atoms with van der Waals surface area (Å²) in [5, 5.41) is 3.56. The first-order chi connectivity index (χ1) is 9.15. The van der Waals surface area contributed by atoms with Gasteiger partial charge in [0.25, 0.3) is 5.91 Å². The van der Waals surface area contributed by atoms with Crippen LogP contribution < -0.4 is 5.32 Å². The maximum absolute atomic E-state index is 12.3. The molecule has 1 aliphatic heterocycles. The Morgan fingerprint density at radius 2 is 2.37 bits per heavy atom. The van der Waals surface area contributed by atoms with Crippen LogP contribution in [0.3, 0.4) is 0 Å². The molecule has 1 aliphatic rings. The van der Waals surface area contributed by atoms with Crippen LogP contribution in [-0.4, -0.2) is 35.4 Å². The summed E-state index contributed by atoms with van der Waals surface area (Å²) in [4.78, 5) is 18.4. The Morgan fingerprint density at radius 1 is 1.58 bits per heavy atom. The Morgan fingerprint density at radius 3 is 2.95 bits per heavy atom. The molecule has 0 radical (unpaired) electrons. The summed E-state index contributed by atoms with van der Waals surface area (Å²) in [6.07, 6.45) is 3.83. The number of likely N-dealkylation sites (tertiary alicyclic amines) is 1. The highest BCUT2D eigenvalue weighted by Crippen LogP contribution is 2.24. The van der Waals surface area contributed by atoms with Gasteiger partial charge in [0, 0.05) is 25.8 Å². The maximum Gasteiger partial charge on any atom is 0.255 e. The zero-order chi connectivity index (χ0) is 13.8. The van der Waals surface area contributed by atoms with Gasteiger partial charge in [0.1, 0.15) is 5.82 Å². The summed E-state index contributed by atoms with van der Waals surface area (Å²) in [6.45, 7) is 6.59. The number of hydrogen-bond donors (Lipinski definition) is 1. The monoisotopic (exact) mass is 281 g/mol. The van der Waals surface area contributed by atoms with Crippen LogP contribution in [0.25, 0.3) is 0 Å². The molecule has 0 aromatic carbocycles. The second-order valence-electron chi connectivity index (χ2n) is 4.90. The van der Waals surface area contributed by atoms with Crippen molar-refractivity contribution in [2.75, 3.05) is 25.0 Å². The molecule has 19 heavy (non-hydrogen) atoms. The van der Waals surface area contributed by atoms with Crippen LogP contribution in [0.2, 0.25) is 5.02 Å². The quantitative estimate of drug-likeness (QED) is 0.923. The predicted molar refractivity (Wildman–Crippen MR) is 77.7 cm³/mol. The largest absolute Gasteiger partial charge is 0.369 e. The van der Waals surface area contributed by atoms with E-state index >= 15 is 0 Å². The van der Waals surface area contributed by atoms with Gasteiger partial charge >= 0.3 is 0 Å². The standard InChI is InChI=1S/C14H20ClN3O/c1-3-10-5-6-18(9-10)14(19)11-7-12(15)13(16-4-2)17-8-11/h7-8,10H,3-6,9H2,1-2H3,(H,16,17). The Balaban J connectivity index is 2.09. The summed E-state index contributed by atoms with van der Waals surface area (Å²) >= 11 is 6.12. The second kappa shape index (κ2) is 6.24. The van der Waals surface area contributed by atoms with Crippen molar-refractivity contribution in [3.8, 4) is 0 Å². The van der Waals surface area contributed by atoms with E-state index in [1.807, 2.05) is 11.8 Å². The molecule has 104 valence electrons. The normalized spacial score (nSPS) is 18.7. The molecular formula is C14H20ClN3O. The molecule has 0 saturated carbocycles. The Hall–Kier alpha value is -1.29. The van der Waals surface area contributed by atoms with E-state index in [4.69, 9.17) is 11.6 Å². The lowest BCUT2D eigenvalue weighted by Gasteiger charge is -2.16. The fraction of sp³-hybridized carbons (Fsp3) is 0.571. The highest BCUT2D eigenvalue weighted by molar-refractivity contribution is 6.33. The fourth-order valence-electron chi connectivity index (χ4n) is 2.39. The van der Waals surface area contributed by atoms with Gasteiger partial charge in [-0.2, -0.15) is 0 Å². The Bertz CT molecular complexity index is 464. The van der Waals surface area contributed by atoms with Gasteiger partial charge in [-0.25, -0.2) is 4.98 Å². The second-order valence-corrected chi connectivity index (χ2v) is 5.31. The van der Waals surface area contributed by atoms with Gasteiger partial charge in [0.2, 0.25) is 0 Å². The molecule has 1 N–H and O–H groups in total. The van der Waals surface area contributed by atoms with Crippen molar-refractivity contribution >= 4 is 23.3 Å². The average molecular weight is 282 g/mol. The minimum absolute atomic E-state index is 0.0356. The van der Waals surface area contributed by atoms with Crippen molar-refractivity contribution < 1.29 is 4.79 Å². The van der Waals surface area contributed by atoms with Gasteiger partial charge in [0.15, 0.2) is 0 Å². The first-order valence-electron chi connectivity index (χ1n) is 6.84. The smallest absolute Gasteiger partial charge is 0.255 e. The van der Waals surface area contributed by atoms with Gasteiger partial charge < -0.3 is 10.2 Å². The van der Waals surface area contributed by atoms with E-state index in [9.17, 15) is 4.79 Å². The number of nitrogens with zero attached hydrogens (tertiary/aromatic N) is 2. The third-order valence-corrected chi connectivity index (χ3v) is 3.87. The van der Waals surface area contributed by atoms with Crippen molar-refractivity contribution in [3.05, 3.63) is 22.8 Å². The molecular weight excluding hydrogens is 262 g/mol. The van der Waals surface area contributed by atoms with Crippen LogP contribution in [0.1, 0.15) is 37.0 Å². The minimum Gasteiger partial charge on any atom is -0.369 e.